The summed E-state index contributed by atoms with van der Waals surface area (Å²) in [5.74, 6) is 0.974. The van der Waals surface area contributed by atoms with Gasteiger partial charge in [-0.3, -0.25) is 0 Å². The third kappa shape index (κ3) is 3.40. The molecule has 0 saturated heterocycles. The van der Waals surface area contributed by atoms with E-state index in [0.717, 1.165) is 11.3 Å². The normalized spacial score (nSPS) is 20.4. The molecule has 0 radical (unpaired) electrons. The third-order valence-corrected chi connectivity index (χ3v) is 5.90. The second-order valence-corrected chi connectivity index (χ2v) is 7.64. The van der Waals surface area contributed by atoms with E-state index in [9.17, 15) is 0 Å². The highest BCUT2D eigenvalue weighted by molar-refractivity contribution is 5.47. The summed E-state index contributed by atoms with van der Waals surface area (Å²) in [5.41, 5.74) is 6.15. The molecular formula is C28H24O2. The molecule has 30 heavy (non-hydrogen) atoms. The Labute approximate surface area is 177 Å². The molecule has 3 atom stereocenters. The molecular weight excluding hydrogens is 368 g/mol. The Morgan fingerprint density at radius 1 is 0.567 bits per heavy atom. The molecule has 4 aromatic carbocycles. The van der Waals surface area contributed by atoms with Crippen LogP contribution in [0.2, 0.25) is 0 Å². The number of hydrogen-bond donors (Lipinski definition) is 0. The lowest BCUT2D eigenvalue weighted by Crippen LogP contribution is -2.26. The van der Waals surface area contributed by atoms with Crippen molar-refractivity contribution in [3.63, 3.8) is 0 Å². The Morgan fingerprint density at radius 3 is 1.77 bits per heavy atom. The number of hydrogen-bond acceptors (Lipinski definition) is 2. The minimum absolute atomic E-state index is 0.0987. The topological polar surface area (TPSA) is 18.5 Å². The molecule has 0 fully saturated rings. The maximum atomic E-state index is 6.88. The predicted octanol–water partition coefficient (Wildman–Crippen LogP) is 6.69. The molecule has 0 N–H and O–H groups in total. The largest absolute Gasteiger partial charge is 0.497 e. The molecule has 0 aromatic heterocycles. The van der Waals surface area contributed by atoms with Crippen molar-refractivity contribution in [3.05, 3.63) is 137 Å². The zero-order valence-electron chi connectivity index (χ0n) is 16.9. The van der Waals surface area contributed by atoms with Gasteiger partial charge in [0.25, 0.3) is 0 Å². The van der Waals surface area contributed by atoms with E-state index in [2.05, 4.69) is 91.0 Å². The highest BCUT2D eigenvalue weighted by atomic mass is 16.5. The summed E-state index contributed by atoms with van der Waals surface area (Å²) < 4.78 is 12.3. The molecule has 4 aromatic rings. The molecule has 1 aliphatic rings. The fourth-order valence-electron chi connectivity index (χ4n) is 4.46. The van der Waals surface area contributed by atoms with E-state index in [1.165, 1.54) is 22.3 Å². The Morgan fingerprint density at radius 2 is 1.13 bits per heavy atom. The molecule has 2 nitrogen and oxygen atoms in total. The van der Waals surface area contributed by atoms with Crippen molar-refractivity contribution >= 4 is 0 Å². The van der Waals surface area contributed by atoms with Crippen molar-refractivity contribution < 1.29 is 9.47 Å². The van der Waals surface area contributed by atoms with Crippen LogP contribution in [0.1, 0.15) is 45.9 Å². The summed E-state index contributed by atoms with van der Waals surface area (Å²) in [5, 5.41) is 0. The van der Waals surface area contributed by atoms with E-state index in [1.807, 2.05) is 18.2 Å². The van der Waals surface area contributed by atoms with Crippen molar-refractivity contribution in [2.45, 2.75) is 18.1 Å². The summed E-state index contributed by atoms with van der Waals surface area (Å²) in [7, 11) is 1.70. The average Bonchev–Trinajstić information content (AvgIpc) is 2.84. The molecule has 148 valence electrons. The van der Waals surface area contributed by atoms with Gasteiger partial charge in [0, 0.05) is 5.92 Å². The first-order chi connectivity index (χ1) is 14.8. The maximum absolute atomic E-state index is 6.88. The van der Waals surface area contributed by atoms with Gasteiger partial charge < -0.3 is 9.47 Å². The fourth-order valence-corrected chi connectivity index (χ4v) is 4.46. The summed E-state index contributed by atoms with van der Waals surface area (Å²) in [6, 6.07) is 38.1. The first-order valence-corrected chi connectivity index (χ1v) is 10.3. The minimum atomic E-state index is -0.102. The van der Waals surface area contributed by atoms with Crippen LogP contribution in [0.25, 0.3) is 0 Å². The predicted molar refractivity (Wildman–Crippen MR) is 120 cm³/mol. The van der Waals surface area contributed by atoms with E-state index in [4.69, 9.17) is 9.47 Å². The van der Waals surface area contributed by atoms with Crippen LogP contribution in [-0.4, -0.2) is 7.11 Å². The second-order valence-electron chi connectivity index (χ2n) is 7.64. The average molecular weight is 392 g/mol. The van der Waals surface area contributed by atoms with Gasteiger partial charge in [-0.25, -0.2) is 0 Å². The van der Waals surface area contributed by atoms with Crippen LogP contribution in [0.3, 0.4) is 0 Å². The second kappa shape index (κ2) is 8.17. The molecule has 2 heteroatoms. The first kappa shape index (κ1) is 18.7. The van der Waals surface area contributed by atoms with Gasteiger partial charge in [-0.05, 0) is 39.9 Å². The monoisotopic (exact) mass is 392 g/mol. The molecule has 0 saturated carbocycles. The van der Waals surface area contributed by atoms with Crippen molar-refractivity contribution in [3.8, 4) is 5.75 Å². The highest BCUT2D eigenvalue weighted by Gasteiger charge is 2.38. The van der Waals surface area contributed by atoms with Gasteiger partial charge in [-0.15, -0.1) is 0 Å². The molecule has 0 bridgehead atoms. The SMILES string of the molecule is COc1ccc([C@H]2O[C@@H](c3ccccc3)c3ccccc3[C@H]2c2ccccc2)cc1. The zero-order valence-corrected chi connectivity index (χ0v) is 16.9. The van der Waals surface area contributed by atoms with Gasteiger partial charge in [0.1, 0.15) is 11.9 Å². The summed E-state index contributed by atoms with van der Waals surface area (Å²) in [4.78, 5) is 0. The van der Waals surface area contributed by atoms with Crippen molar-refractivity contribution in [1.82, 2.24) is 0 Å². The van der Waals surface area contributed by atoms with Crippen LogP contribution in [0.15, 0.2) is 109 Å². The Balaban J connectivity index is 1.68. The van der Waals surface area contributed by atoms with E-state index in [0.29, 0.717) is 0 Å². The van der Waals surface area contributed by atoms with E-state index in [-0.39, 0.29) is 18.1 Å². The standard InChI is InChI=1S/C28H24O2/c1-29-23-18-16-22(17-19-23)28-26(20-10-4-2-5-11-20)24-14-8-9-15-25(24)27(30-28)21-12-6-3-7-13-21/h2-19,26-28H,1H3/t26-,27+,28-/m1/s1. The van der Waals surface area contributed by atoms with Crippen LogP contribution in [0.5, 0.6) is 5.75 Å². The summed E-state index contributed by atoms with van der Waals surface area (Å²) >= 11 is 0. The van der Waals surface area contributed by atoms with E-state index < -0.39 is 0 Å². The number of rotatable bonds is 4. The van der Waals surface area contributed by atoms with Crippen molar-refractivity contribution in [2.75, 3.05) is 7.11 Å². The van der Waals surface area contributed by atoms with Crippen LogP contribution in [0.4, 0.5) is 0 Å². The number of ether oxygens (including phenoxy) is 2. The van der Waals surface area contributed by atoms with E-state index in [1.54, 1.807) is 7.11 Å². The smallest absolute Gasteiger partial charge is 0.118 e. The Kier molecular flexibility index (Phi) is 5.08. The minimum Gasteiger partial charge on any atom is -0.497 e. The van der Waals surface area contributed by atoms with Crippen molar-refractivity contribution in [2.24, 2.45) is 0 Å². The van der Waals surface area contributed by atoms with Crippen molar-refractivity contribution in [1.29, 1.82) is 0 Å². The van der Waals surface area contributed by atoms with Gasteiger partial charge in [0.2, 0.25) is 0 Å². The van der Waals surface area contributed by atoms with Crippen LogP contribution in [0, 0.1) is 0 Å². The van der Waals surface area contributed by atoms with Gasteiger partial charge in [0.05, 0.1) is 13.2 Å². The molecule has 1 aliphatic heterocycles. The maximum Gasteiger partial charge on any atom is 0.118 e. The Bertz CT molecular complexity index is 1100. The summed E-state index contributed by atoms with van der Waals surface area (Å²) in [6.45, 7) is 0. The van der Waals surface area contributed by atoms with Gasteiger partial charge in [-0.1, -0.05) is 97.1 Å². The molecule has 0 amide bonds. The lowest BCUT2D eigenvalue weighted by molar-refractivity contribution is -0.0166. The molecule has 0 spiro atoms. The number of methoxy groups -OCH3 is 1. The third-order valence-electron chi connectivity index (χ3n) is 5.90. The lowest BCUT2D eigenvalue weighted by Gasteiger charge is -2.39. The lowest BCUT2D eigenvalue weighted by atomic mass is 9.77. The number of fused-ring (bicyclic) bond motifs is 1. The zero-order chi connectivity index (χ0) is 20.3. The molecule has 0 unspecified atom stereocenters. The fraction of sp³-hybridized carbons (Fsp3) is 0.143. The highest BCUT2D eigenvalue weighted by Crippen LogP contribution is 2.50. The Hall–Kier alpha value is -3.36. The molecule has 1 heterocycles. The van der Waals surface area contributed by atoms with Gasteiger partial charge in [-0.2, -0.15) is 0 Å². The van der Waals surface area contributed by atoms with Crippen LogP contribution in [-0.2, 0) is 4.74 Å². The molecule has 0 aliphatic carbocycles. The van der Waals surface area contributed by atoms with Crippen LogP contribution < -0.4 is 4.74 Å². The first-order valence-electron chi connectivity index (χ1n) is 10.3. The molecule has 5 rings (SSSR count). The number of benzene rings is 4. The summed E-state index contributed by atoms with van der Waals surface area (Å²) in [6.07, 6.45) is -0.201. The quantitative estimate of drug-likeness (QED) is 0.385. The van der Waals surface area contributed by atoms with Gasteiger partial charge >= 0.3 is 0 Å². The van der Waals surface area contributed by atoms with E-state index >= 15 is 0 Å². The van der Waals surface area contributed by atoms with Crippen LogP contribution >= 0.6 is 0 Å². The van der Waals surface area contributed by atoms with Gasteiger partial charge in [0.15, 0.2) is 0 Å².